The van der Waals surface area contributed by atoms with Crippen molar-refractivity contribution in [2.75, 3.05) is 21.3 Å². The van der Waals surface area contributed by atoms with Gasteiger partial charge in [-0.1, -0.05) is 83.1 Å². The SMILES string of the molecule is Cc1cc(-c2ccc(N3C(=O)CSC3=Nc3ccccc3Cl)c(C)c2)ccc1N1C(=O)CSC1=Nc1ccccc1Cl. The molecule has 0 spiro atoms. The minimum absolute atomic E-state index is 0.0238. The van der Waals surface area contributed by atoms with E-state index in [1.807, 2.05) is 74.5 Å². The molecule has 2 heterocycles. The number of amides is 2. The Bertz CT molecular complexity index is 1680. The van der Waals surface area contributed by atoms with Gasteiger partial charge in [0.25, 0.3) is 0 Å². The zero-order chi connectivity index (χ0) is 29.4. The maximum absolute atomic E-state index is 12.9. The fourth-order valence-corrected chi connectivity index (χ4v) is 6.93. The summed E-state index contributed by atoms with van der Waals surface area (Å²) in [4.78, 5) is 38.5. The first-order valence-electron chi connectivity index (χ1n) is 13.1. The second-order valence-electron chi connectivity index (χ2n) is 9.73. The van der Waals surface area contributed by atoms with E-state index in [1.165, 1.54) is 23.5 Å². The average Bonchev–Trinajstić information content (AvgIpc) is 3.52. The predicted molar refractivity (Wildman–Crippen MR) is 178 cm³/mol. The van der Waals surface area contributed by atoms with E-state index in [0.29, 0.717) is 43.3 Å². The van der Waals surface area contributed by atoms with Gasteiger partial charge in [0.1, 0.15) is 0 Å². The van der Waals surface area contributed by atoms with Crippen molar-refractivity contribution < 1.29 is 9.59 Å². The molecule has 210 valence electrons. The van der Waals surface area contributed by atoms with E-state index in [9.17, 15) is 9.59 Å². The fraction of sp³-hybridized carbons (Fsp3) is 0.125. The third-order valence-corrected chi connectivity index (χ3v) is 9.36. The number of amidine groups is 2. The molecule has 2 saturated heterocycles. The maximum atomic E-state index is 12.9. The van der Waals surface area contributed by atoms with Crippen molar-refractivity contribution in [1.82, 2.24) is 0 Å². The number of thioether (sulfide) groups is 2. The number of halogens is 2. The molecule has 0 aliphatic carbocycles. The standard InChI is InChI=1S/C32H24Cl2N4O2S2/c1-19-15-21(11-13-27(19)37-29(39)17-41-31(37)35-25-9-5-3-7-23(25)33)22-12-14-28(20(2)16-22)38-30(40)18-42-32(38)36-26-10-6-4-8-24(26)34/h3-16H,17-18H2,1-2H3. The summed E-state index contributed by atoms with van der Waals surface area (Å²) in [7, 11) is 0. The molecule has 0 unspecified atom stereocenters. The summed E-state index contributed by atoms with van der Waals surface area (Å²) in [6.45, 7) is 3.97. The molecular formula is C32H24Cl2N4O2S2. The van der Waals surface area contributed by atoms with Crippen LogP contribution in [0.5, 0.6) is 0 Å². The van der Waals surface area contributed by atoms with Crippen molar-refractivity contribution in [3.63, 3.8) is 0 Å². The molecular weight excluding hydrogens is 607 g/mol. The van der Waals surface area contributed by atoms with Crippen LogP contribution in [0.25, 0.3) is 11.1 Å². The van der Waals surface area contributed by atoms with Gasteiger partial charge in [-0.3, -0.25) is 19.4 Å². The minimum Gasteiger partial charge on any atom is -0.273 e. The van der Waals surface area contributed by atoms with E-state index in [2.05, 4.69) is 12.1 Å². The zero-order valence-corrected chi connectivity index (χ0v) is 25.8. The smallest absolute Gasteiger partial charge is 0.243 e. The molecule has 6 nitrogen and oxygen atoms in total. The van der Waals surface area contributed by atoms with Crippen molar-refractivity contribution >= 4 is 91.6 Å². The van der Waals surface area contributed by atoms with E-state index < -0.39 is 0 Å². The summed E-state index contributed by atoms with van der Waals surface area (Å²) in [5, 5.41) is 2.28. The predicted octanol–water partition coefficient (Wildman–Crippen LogP) is 8.81. The number of aryl methyl sites for hydroxylation is 2. The van der Waals surface area contributed by atoms with Crippen LogP contribution in [0.2, 0.25) is 10.0 Å². The zero-order valence-electron chi connectivity index (χ0n) is 22.7. The number of carbonyl (C=O) groups is 2. The highest BCUT2D eigenvalue weighted by Crippen LogP contribution is 2.37. The first kappa shape index (κ1) is 28.6. The largest absolute Gasteiger partial charge is 0.273 e. The van der Waals surface area contributed by atoms with Gasteiger partial charge in [0, 0.05) is 0 Å². The van der Waals surface area contributed by atoms with Crippen molar-refractivity contribution in [2.24, 2.45) is 9.98 Å². The second-order valence-corrected chi connectivity index (χ2v) is 12.4. The Morgan fingerprint density at radius 1 is 0.619 bits per heavy atom. The second kappa shape index (κ2) is 12.0. The lowest BCUT2D eigenvalue weighted by molar-refractivity contribution is -0.115. The first-order valence-corrected chi connectivity index (χ1v) is 15.8. The molecule has 2 fully saturated rings. The summed E-state index contributed by atoms with van der Waals surface area (Å²) in [6.07, 6.45) is 0. The number of carbonyl (C=O) groups excluding carboxylic acids is 2. The Labute approximate surface area is 262 Å². The summed E-state index contributed by atoms with van der Waals surface area (Å²) in [5.41, 5.74) is 6.71. The van der Waals surface area contributed by atoms with Crippen LogP contribution in [0.1, 0.15) is 11.1 Å². The molecule has 0 N–H and O–H groups in total. The molecule has 0 aromatic heterocycles. The maximum Gasteiger partial charge on any atom is 0.243 e. The number of hydrogen-bond donors (Lipinski definition) is 0. The summed E-state index contributed by atoms with van der Waals surface area (Å²) >= 11 is 15.4. The Morgan fingerprint density at radius 3 is 1.40 bits per heavy atom. The summed E-state index contributed by atoms with van der Waals surface area (Å²) in [6, 6.07) is 26.7. The van der Waals surface area contributed by atoms with Crippen LogP contribution < -0.4 is 9.80 Å². The fourth-order valence-electron chi connectivity index (χ4n) is 4.83. The van der Waals surface area contributed by atoms with Crippen LogP contribution in [0.15, 0.2) is 94.9 Å². The number of benzene rings is 4. The highest BCUT2D eigenvalue weighted by atomic mass is 35.5. The molecule has 0 bridgehead atoms. The number of para-hydroxylation sites is 2. The van der Waals surface area contributed by atoms with Crippen LogP contribution in [-0.2, 0) is 9.59 Å². The Kier molecular flexibility index (Phi) is 8.14. The normalized spacial score (nSPS) is 17.2. The molecule has 2 aliphatic rings. The highest BCUT2D eigenvalue weighted by molar-refractivity contribution is 8.15. The van der Waals surface area contributed by atoms with E-state index in [4.69, 9.17) is 33.2 Å². The van der Waals surface area contributed by atoms with E-state index in [1.54, 1.807) is 21.9 Å². The highest BCUT2D eigenvalue weighted by Gasteiger charge is 2.32. The van der Waals surface area contributed by atoms with Crippen LogP contribution in [0.4, 0.5) is 22.7 Å². The summed E-state index contributed by atoms with van der Waals surface area (Å²) < 4.78 is 0. The molecule has 10 heteroatoms. The average molecular weight is 632 g/mol. The monoisotopic (exact) mass is 630 g/mol. The van der Waals surface area contributed by atoms with Gasteiger partial charge in [-0.05, 0) is 84.6 Å². The van der Waals surface area contributed by atoms with Gasteiger partial charge in [-0.15, -0.1) is 0 Å². The van der Waals surface area contributed by atoms with Gasteiger partial charge in [0.15, 0.2) is 10.3 Å². The molecule has 0 radical (unpaired) electrons. The summed E-state index contributed by atoms with van der Waals surface area (Å²) in [5.74, 6) is 0.592. The van der Waals surface area contributed by atoms with E-state index in [0.717, 1.165) is 33.6 Å². The van der Waals surface area contributed by atoms with Gasteiger partial charge >= 0.3 is 0 Å². The number of anilines is 2. The number of aliphatic imine (C=N–C) groups is 2. The molecule has 0 atom stereocenters. The molecule has 6 rings (SSSR count). The van der Waals surface area contributed by atoms with Gasteiger partial charge in [-0.2, -0.15) is 0 Å². The number of hydrogen-bond acceptors (Lipinski definition) is 6. The van der Waals surface area contributed by atoms with E-state index in [-0.39, 0.29) is 11.8 Å². The third kappa shape index (κ3) is 5.60. The number of rotatable bonds is 5. The third-order valence-electron chi connectivity index (χ3n) is 6.88. The van der Waals surface area contributed by atoms with Gasteiger partial charge in [0.2, 0.25) is 11.8 Å². The van der Waals surface area contributed by atoms with Crippen molar-refractivity contribution in [1.29, 1.82) is 0 Å². The molecule has 42 heavy (non-hydrogen) atoms. The van der Waals surface area contributed by atoms with Crippen LogP contribution in [0.3, 0.4) is 0 Å². The Morgan fingerprint density at radius 2 is 1.02 bits per heavy atom. The molecule has 4 aromatic rings. The molecule has 2 amide bonds. The molecule has 4 aromatic carbocycles. The lowest BCUT2D eigenvalue weighted by Crippen LogP contribution is -2.30. The Hall–Kier alpha value is -3.56. The topological polar surface area (TPSA) is 65.3 Å². The van der Waals surface area contributed by atoms with Crippen molar-refractivity contribution in [3.05, 3.63) is 106 Å². The molecule has 2 aliphatic heterocycles. The first-order chi connectivity index (χ1) is 20.3. The van der Waals surface area contributed by atoms with Gasteiger partial charge < -0.3 is 0 Å². The van der Waals surface area contributed by atoms with E-state index >= 15 is 0 Å². The minimum atomic E-state index is -0.0238. The van der Waals surface area contributed by atoms with Gasteiger partial charge in [0.05, 0.1) is 44.3 Å². The Balaban J connectivity index is 1.29. The van der Waals surface area contributed by atoms with Gasteiger partial charge in [-0.25, -0.2) is 9.98 Å². The van der Waals surface area contributed by atoms with Crippen molar-refractivity contribution in [2.45, 2.75) is 13.8 Å². The van der Waals surface area contributed by atoms with Crippen LogP contribution >= 0.6 is 46.7 Å². The van der Waals surface area contributed by atoms with Crippen LogP contribution in [0, 0.1) is 13.8 Å². The molecule has 0 saturated carbocycles. The quantitative estimate of drug-likeness (QED) is 0.221. The lowest BCUT2D eigenvalue weighted by atomic mass is 9.99. The number of nitrogens with zero attached hydrogens (tertiary/aromatic N) is 4. The van der Waals surface area contributed by atoms with Crippen LogP contribution in [-0.4, -0.2) is 33.7 Å². The van der Waals surface area contributed by atoms with Crippen molar-refractivity contribution in [3.8, 4) is 11.1 Å². The lowest BCUT2D eigenvalue weighted by Gasteiger charge is -2.21.